The third-order valence-electron chi connectivity index (χ3n) is 5.50. The van der Waals surface area contributed by atoms with Crippen molar-refractivity contribution in [3.63, 3.8) is 0 Å². The number of hydrogen-bond acceptors (Lipinski definition) is 7. The lowest BCUT2D eigenvalue weighted by Crippen LogP contribution is -2.28. The number of carbonyl (C=O) groups excluding carboxylic acids is 5. The molecule has 3 rings (SSSR count). The quantitative estimate of drug-likeness (QED) is 0.315. The van der Waals surface area contributed by atoms with Crippen molar-refractivity contribution in [2.24, 2.45) is 5.92 Å². The SMILES string of the molecule is CCCCOC(=O)c1ccc(N2C[C@H](C(=O)OCC(=O)Nc3cccc(C(C)=O)c3)CC2=O)cc1. The van der Waals surface area contributed by atoms with Crippen LogP contribution >= 0.6 is 0 Å². The number of anilines is 2. The number of nitrogens with one attached hydrogen (secondary N) is 1. The summed E-state index contributed by atoms with van der Waals surface area (Å²) in [7, 11) is 0. The minimum atomic E-state index is -0.713. The van der Waals surface area contributed by atoms with Crippen LogP contribution in [0, 0.1) is 5.92 Å². The van der Waals surface area contributed by atoms with Crippen LogP contribution in [0.3, 0.4) is 0 Å². The fourth-order valence-electron chi connectivity index (χ4n) is 3.55. The van der Waals surface area contributed by atoms with Crippen LogP contribution in [-0.4, -0.2) is 49.3 Å². The van der Waals surface area contributed by atoms with Gasteiger partial charge in [-0.2, -0.15) is 0 Å². The number of ether oxygens (including phenoxy) is 2. The molecule has 0 spiro atoms. The normalized spacial score (nSPS) is 15.0. The van der Waals surface area contributed by atoms with E-state index in [0.29, 0.717) is 29.1 Å². The summed E-state index contributed by atoms with van der Waals surface area (Å²) >= 11 is 0. The minimum Gasteiger partial charge on any atom is -0.462 e. The highest BCUT2D eigenvalue weighted by Crippen LogP contribution is 2.26. The molecule has 1 atom stereocenters. The van der Waals surface area contributed by atoms with Crippen LogP contribution in [-0.2, 0) is 23.9 Å². The number of rotatable bonds is 10. The van der Waals surface area contributed by atoms with Gasteiger partial charge in [-0.15, -0.1) is 0 Å². The van der Waals surface area contributed by atoms with E-state index in [9.17, 15) is 24.0 Å². The van der Waals surface area contributed by atoms with E-state index in [1.54, 1.807) is 42.5 Å². The predicted octanol–water partition coefficient (Wildman–Crippen LogP) is 3.38. The van der Waals surface area contributed by atoms with Crippen molar-refractivity contribution in [3.8, 4) is 0 Å². The summed E-state index contributed by atoms with van der Waals surface area (Å²) in [6, 6.07) is 12.8. The molecule has 1 saturated heterocycles. The molecule has 1 fully saturated rings. The van der Waals surface area contributed by atoms with Gasteiger partial charge in [0.15, 0.2) is 12.4 Å². The van der Waals surface area contributed by atoms with Crippen LogP contribution in [0.4, 0.5) is 11.4 Å². The largest absolute Gasteiger partial charge is 0.462 e. The Balaban J connectivity index is 1.50. The Hall–Kier alpha value is -4.01. The number of benzene rings is 2. The average Bonchev–Trinajstić information content (AvgIpc) is 3.24. The van der Waals surface area contributed by atoms with Gasteiger partial charge in [-0.1, -0.05) is 25.5 Å². The zero-order chi connectivity index (χ0) is 25.4. The highest BCUT2D eigenvalue weighted by molar-refractivity contribution is 6.01. The van der Waals surface area contributed by atoms with E-state index in [2.05, 4.69) is 5.32 Å². The van der Waals surface area contributed by atoms with E-state index in [0.717, 1.165) is 12.8 Å². The van der Waals surface area contributed by atoms with Crippen molar-refractivity contribution in [3.05, 3.63) is 59.7 Å². The third kappa shape index (κ3) is 6.99. The Morgan fingerprint density at radius 1 is 1.03 bits per heavy atom. The summed E-state index contributed by atoms with van der Waals surface area (Å²) in [5.74, 6) is -2.73. The predicted molar refractivity (Wildman–Crippen MR) is 128 cm³/mol. The Kier molecular flexibility index (Phi) is 8.72. The third-order valence-corrected chi connectivity index (χ3v) is 5.50. The number of hydrogen-bond donors (Lipinski definition) is 1. The molecule has 0 bridgehead atoms. The van der Waals surface area contributed by atoms with Crippen LogP contribution in [0.15, 0.2) is 48.5 Å². The molecule has 1 aliphatic heterocycles. The highest BCUT2D eigenvalue weighted by Gasteiger charge is 2.36. The van der Waals surface area contributed by atoms with Crippen molar-refractivity contribution in [1.29, 1.82) is 0 Å². The lowest BCUT2D eigenvalue weighted by Gasteiger charge is -2.17. The number of ketones is 1. The van der Waals surface area contributed by atoms with Gasteiger partial charge in [0, 0.05) is 29.9 Å². The van der Waals surface area contributed by atoms with Gasteiger partial charge < -0.3 is 19.7 Å². The molecule has 2 amide bonds. The molecule has 9 heteroatoms. The zero-order valence-corrected chi connectivity index (χ0v) is 19.7. The molecule has 2 aromatic carbocycles. The number of nitrogens with zero attached hydrogens (tertiary/aromatic N) is 1. The Labute approximate surface area is 203 Å². The van der Waals surface area contributed by atoms with Crippen molar-refractivity contribution >= 4 is 40.9 Å². The van der Waals surface area contributed by atoms with Gasteiger partial charge in [0.05, 0.1) is 18.1 Å². The number of unbranched alkanes of at least 4 members (excludes halogenated alkanes) is 1. The molecule has 9 nitrogen and oxygen atoms in total. The van der Waals surface area contributed by atoms with Crippen LogP contribution in [0.1, 0.15) is 53.8 Å². The summed E-state index contributed by atoms with van der Waals surface area (Å²) in [4.78, 5) is 62.0. The van der Waals surface area contributed by atoms with E-state index in [4.69, 9.17) is 9.47 Å². The lowest BCUT2D eigenvalue weighted by atomic mass is 10.1. The van der Waals surface area contributed by atoms with Crippen molar-refractivity contribution in [2.45, 2.75) is 33.1 Å². The molecule has 2 aromatic rings. The Morgan fingerprint density at radius 2 is 1.77 bits per heavy atom. The van der Waals surface area contributed by atoms with Crippen molar-refractivity contribution in [2.75, 3.05) is 30.0 Å². The molecule has 184 valence electrons. The van der Waals surface area contributed by atoms with Gasteiger partial charge in [0.2, 0.25) is 5.91 Å². The van der Waals surface area contributed by atoms with E-state index in [-0.39, 0.29) is 24.7 Å². The molecule has 0 unspecified atom stereocenters. The molecule has 0 aliphatic carbocycles. The molecule has 0 saturated carbocycles. The topological polar surface area (TPSA) is 119 Å². The maximum Gasteiger partial charge on any atom is 0.338 e. The first-order valence-electron chi connectivity index (χ1n) is 11.4. The highest BCUT2D eigenvalue weighted by atomic mass is 16.5. The fraction of sp³-hybridized carbons (Fsp3) is 0.346. The Bertz CT molecular complexity index is 1110. The monoisotopic (exact) mass is 480 g/mol. The zero-order valence-electron chi connectivity index (χ0n) is 19.7. The first-order chi connectivity index (χ1) is 16.8. The minimum absolute atomic E-state index is 0.0398. The summed E-state index contributed by atoms with van der Waals surface area (Å²) in [5.41, 5.74) is 1.80. The molecule has 0 radical (unpaired) electrons. The van der Waals surface area contributed by atoms with Crippen LogP contribution in [0.5, 0.6) is 0 Å². The van der Waals surface area contributed by atoms with Gasteiger partial charge in [0.1, 0.15) is 0 Å². The van der Waals surface area contributed by atoms with E-state index >= 15 is 0 Å². The van der Waals surface area contributed by atoms with Gasteiger partial charge in [-0.3, -0.25) is 19.2 Å². The summed E-state index contributed by atoms with van der Waals surface area (Å²) in [6.07, 6.45) is 1.67. The summed E-state index contributed by atoms with van der Waals surface area (Å²) in [5, 5.41) is 2.57. The maximum atomic E-state index is 12.5. The number of amides is 2. The number of esters is 2. The first kappa shape index (κ1) is 25.6. The molecular formula is C26H28N2O7. The second-order valence-electron chi connectivity index (χ2n) is 8.23. The summed E-state index contributed by atoms with van der Waals surface area (Å²) in [6.45, 7) is 3.38. The summed E-state index contributed by atoms with van der Waals surface area (Å²) < 4.78 is 10.3. The molecule has 35 heavy (non-hydrogen) atoms. The van der Waals surface area contributed by atoms with Crippen LogP contribution < -0.4 is 10.2 Å². The average molecular weight is 481 g/mol. The van der Waals surface area contributed by atoms with Gasteiger partial charge in [-0.05, 0) is 49.7 Å². The molecular weight excluding hydrogens is 452 g/mol. The van der Waals surface area contributed by atoms with E-state index in [1.807, 2.05) is 6.92 Å². The van der Waals surface area contributed by atoms with Crippen molar-refractivity contribution < 1.29 is 33.4 Å². The standard InChI is InChI=1S/C26H28N2O7/c1-3-4-12-34-25(32)18-8-10-22(11-9-18)28-15-20(14-24(28)31)26(33)35-16-23(30)27-21-7-5-6-19(13-21)17(2)29/h5-11,13,20H,3-4,12,14-16H2,1-2H3,(H,27,30)/t20-/m1/s1. The number of carbonyl (C=O) groups is 5. The second kappa shape index (κ2) is 11.9. The van der Waals surface area contributed by atoms with E-state index in [1.165, 1.54) is 17.9 Å². The lowest BCUT2D eigenvalue weighted by molar-refractivity contribution is -0.151. The molecule has 1 N–H and O–H groups in total. The van der Waals surface area contributed by atoms with E-state index < -0.39 is 30.4 Å². The molecule has 1 heterocycles. The van der Waals surface area contributed by atoms with Gasteiger partial charge in [0.25, 0.3) is 5.91 Å². The second-order valence-corrected chi connectivity index (χ2v) is 8.23. The first-order valence-corrected chi connectivity index (χ1v) is 11.4. The molecule has 1 aliphatic rings. The maximum absolute atomic E-state index is 12.5. The number of Topliss-reactive ketones (excluding diaryl/α,β-unsaturated/α-hetero) is 1. The molecule has 0 aromatic heterocycles. The van der Waals surface area contributed by atoms with Crippen LogP contribution in [0.2, 0.25) is 0 Å². The van der Waals surface area contributed by atoms with Gasteiger partial charge >= 0.3 is 11.9 Å². The smallest absolute Gasteiger partial charge is 0.338 e. The van der Waals surface area contributed by atoms with Crippen molar-refractivity contribution in [1.82, 2.24) is 0 Å². The Morgan fingerprint density at radius 3 is 2.46 bits per heavy atom. The fourth-order valence-corrected chi connectivity index (χ4v) is 3.55. The van der Waals surface area contributed by atoms with Gasteiger partial charge in [-0.25, -0.2) is 4.79 Å². The van der Waals surface area contributed by atoms with Crippen LogP contribution in [0.25, 0.3) is 0 Å².